The smallest absolute Gasteiger partial charge is 0.166 e. The lowest BCUT2D eigenvalue weighted by molar-refractivity contribution is 0.111. The Labute approximate surface area is 42.6 Å². The number of aldehydes is 1. The molecule has 0 saturated heterocycles. The van der Waals surface area contributed by atoms with Gasteiger partial charge in [0.2, 0.25) is 0 Å². The molecule has 0 aromatic carbocycles. The summed E-state index contributed by atoms with van der Waals surface area (Å²) in [6.45, 7) is 0. The molecule has 2 heteroatoms. The number of H-pyrrole nitrogens is 1. The van der Waals surface area contributed by atoms with Gasteiger partial charge in [0.15, 0.2) is 6.29 Å². The predicted octanol–water partition coefficient (Wildman–Crippen LogP) is 0.827. The first-order valence-corrected chi connectivity index (χ1v) is 1.94. The Kier molecular flexibility index (Phi) is 0.689. The molecule has 0 radical (unpaired) electrons. The molecule has 1 aromatic heterocycles. The second-order valence-corrected chi connectivity index (χ2v) is 1.15. The van der Waals surface area contributed by atoms with Gasteiger partial charge in [0.25, 0.3) is 0 Å². The average Bonchev–Trinajstić information content (AvgIpc) is 2.14. The van der Waals surface area contributed by atoms with Crippen LogP contribution < -0.4 is 0 Å². The second kappa shape index (κ2) is 1.60. The zero-order chi connectivity index (χ0) is 5.98. The van der Waals surface area contributed by atoms with Crippen molar-refractivity contribution >= 4 is 6.29 Å². The second-order valence-electron chi connectivity index (χ2n) is 1.15. The van der Waals surface area contributed by atoms with Crippen LogP contribution in [0.4, 0.5) is 0 Å². The van der Waals surface area contributed by atoms with E-state index in [1.807, 2.05) is 0 Å². The van der Waals surface area contributed by atoms with E-state index in [0.717, 1.165) is 0 Å². The predicted molar refractivity (Wildman–Crippen MR) is 26.2 cm³/mol. The molecular formula is C5H5NO. The molecule has 7 heavy (non-hydrogen) atoms. The van der Waals surface area contributed by atoms with Crippen molar-refractivity contribution in [2.24, 2.45) is 0 Å². The van der Waals surface area contributed by atoms with Crippen LogP contribution in [0.3, 0.4) is 0 Å². The summed E-state index contributed by atoms with van der Waals surface area (Å²) in [5, 5.41) is 0. The van der Waals surface area contributed by atoms with Crippen LogP contribution in [-0.2, 0) is 0 Å². The van der Waals surface area contributed by atoms with E-state index in [2.05, 4.69) is 4.98 Å². The first kappa shape index (κ1) is 3.02. The van der Waals surface area contributed by atoms with Crippen LogP contribution in [0.5, 0.6) is 0 Å². The fourth-order valence-corrected chi connectivity index (χ4v) is 0.373. The highest BCUT2D eigenvalue weighted by molar-refractivity contribution is 5.71. The van der Waals surface area contributed by atoms with E-state index in [1.54, 1.807) is 6.20 Å². The largest absolute Gasteiger partial charge is 0.359 e. The molecule has 0 aliphatic carbocycles. The topological polar surface area (TPSA) is 32.9 Å². The van der Waals surface area contributed by atoms with Crippen LogP contribution in [-0.4, -0.2) is 11.3 Å². The van der Waals surface area contributed by atoms with Crippen LogP contribution in [0.15, 0.2) is 18.3 Å². The molecule has 0 fully saturated rings. The zero-order valence-corrected chi connectivity index (χ0v) is 3.64. The van der Waals surface area contributed by atoms with Crippen molar-refractivity contribution in [2.45, 2.75) is 0 Å². The van der Waals surface area contributed by atoms with Crippen molar-refractivity contribution in [3.05, 3.63) is 24.0 Å². The van der Waals surface area contributed by atoms with Gasteiger partial charge in [-0.3, -0.25) is 4.79 Å². The van der Waals surface area contributed by atoms with Crippen molar-refractivity contribution in [2.75, 3.05) is 0 Å². The van der Waals surface area contributed by atoms with Gasteiger partial charge in [-0.05, 0) is 12.1 Å². The molecule has 0 saturated carbocycles. The summed E-state index contributed by atoms with van der Waals surface area (Å²) in [5.41, 5.74) is 0.338. The number of rotatable bonds is 1. The highest BCUT2D eigenvalue weighted by atomic mass is 16.1. The number of aromatic nitrogens is 1. The Hall–Kier alpha value is -1.05. The molecule has 1 heterocycles. The van der Waals surface area contributed by atoms with E-state index in [9.17, 15) is 4.79 Å². The third-order valence-corrected chi connectivity index (χ3v) is 0.679. The Morgan fingerprint density at radius 1 is 2.00 bits per heavy atom. The Balaban J connectivity index is 3.09. The normalized spacial score (nSPS) is 10.6. The van der Waals surface area contributed by atoms with Crippen molar-refractivity contribution in [3.8, 4) is 0 Å². The molecule has 1 N–H and O–H groups in total. The maximum atomic E-state index is 9.94. The molecule has 1 aromatic rings. The summed E-state index contributed by atoms with van der Waals surface area (Å²) >= 11 is 0. The van der Waals surface area contributed by atoms with Gasteiger partial charge in [0, 0.05) is 6.20 Å². The molecule has 36 valence electrons. The van der Waals surface area contributed by atoms with Crippen LogP contribution >= 0.6 is 0 Å². The number of aromatic amines is 1. The maximum Gasteiger partial charge on any atom is 0.166 e. The minimum Gasteiger partial charge on any atom is -0.359 e. The molecule has 0 aliphatic heterocycles. The van der Waals surface area contributed by atoms with Gasteiger partial charge in [0.1, 0.15) is 0 Å². The highest BCUT2D eigenvalue weighted by Crippen LogP contribution is 1.85. The number of nitrogens with one attached hydrogen (secondary N) is 1. The van der Waals surface area contributed by atoms with Crippen molar-refractivity contribution < 1.29 is 6.17 Å². The van der Waals surface area contributed by atoms with E-state index in [1.165, 1.54) is 6.07 Å². The lowest BCUT2D eigenvalue weighted by Crippen LogP contribution is -1.72. The molecule has 2 nitrogen and oxygen atoms in total. The van der Waals surface area contributed by atoms with Gasteiger partial charge >= 0.3 is 0 Å². The Morgan fingerprint density at radius 2 is 2.86 bits per heavy atom. The van der Waals surface area contributed by atoms with Gasteiger partial charge in [-0.25, -0.2) is 0 Å². The molecule has 0 spiro atoms. The first-order valence-electron chi connectivity index (χ1n) is 2.44. The summed E-state index contributed by atoms with van der Waals surface area (Å²) in [6, 6.07) is 1.78. The Morgan fingerprint density at radius 3 is 3.14 bits per heavy atom. The summed E-state index contributed by atoms with van der Waals surface area (Å²) in [7, 11) is 0. The van der Waals surface area contributed by atoms with E-state index >= 15 is 0 Å². The molecule has 0 amide bonds. The fraction of sp³-hybridized carbons (Fsp3) is 0. The SMILES string of the molecule is [3H]c1cc[nH]c1C=O. The van der Waals surface area contributed by atoms with Gasteiger partial charge in [0.05, 0.1) is 7.06 Å². The van der Waals surface area contributed by atoms with E-state index in [4.69, 9.17) is 1.37 Å². The van der Waals surface area contributed by atoms with E-state index in [-0.39, 0.29) is 6.04 Å². The van der Waals surface area contributed by atoms with Crippen LogP contribution in [0, 0.1) is 0 Å². The van der Waals surface area contributed by atoms with Crippen LogP contribution in [0.25, 0.3) is 0 Å². The number of carbonyl (C=O) groups excluding carboxylic acids is 1. The lowest BCUT2D eigenvalue weighted by Gasteiger charge is -1.70. The Bertz CT molecular complexity index is 194. The van der Waals surface area contributed by atoms with Gasteiger partial charge < -0.3 is 4.98 Å². The summed E-state index contributed by atoms with van der Waals surface area (Å²) < 4.78 is 6.99. The van der Waals surface area contributed by atoms with Gasteiger partial charge in [-0.2, -0.15) is 0 Å². The van der Waals surface area contributed by atoms with Gasteiger partial charge in [-0.15, -0.1) is 0 Å². The average molecular weight is 97.1 g/mol. The van der Waals surface area contributed by atoms with E-state index < -0.39 is 0 Å². The van der Waals surface area contributed by atoms with Gasteiger partial charge in [-0.1, -0.05) is 0 Å². The van der Waals surface area contributed by atoms with Crippen molar-refractivity contribution in [1.82, 2.24) is 4.98 Å². The third-order valence-electron chi connectivity index (χ3n) is 0.679. The maximum absolute atomic E-state index is 9.94. The monoisotopic (exact) mass is 97.0 g/mol. The van der Waals surface area contributed by atoms with E-state index in [0.29, 0.717) is 12.0 Å². The van der Waals surface area contributed by atoms with Crippen molar-refractivity contribution in [1.29, 1.82) is 0 Å². The standard InChI is InChI=1S/C5H5NO/c7-4-5-2-1-3-6-5/h1-4,6H/i2T. The minimum absolute atomic E-state index is 0.250. The number of hydrogen-bond donors (Lipinski definition) is 1. The van der Waals surface area contributed by atoms with Crippen LogP contribution in [0.1, 0.15) is 11.9 Å². The zero-order valence-electron chi connectivity index (χ0n) is 4.64. The molecule has 0 aliphatic rings. The molecule has 0 unspecified atom stereocenters. The summed E-state index contributed by atoms with van der Waals surface area (Å²) in [6.07, 6.45) is 2.19. The quantitative estimate of drug-likeness (QED) is 0.517. The minimum atomic E-state index is 0.250. The fourth-order valence-electron chi connectivity index (χ4n) is 0.373. The van der Waals surface area contributed by atoms with Crippen molar-refractivity contribution in [3.63, 3.8) is 0 Å². The molecule has 0 atom stereocenters. The highest BCUT2D eigenvalue weighted by Gasteiger charge is 1.81. The molecule has 0 bridgehead atoms. The summed E-state index contributed by atoms with van der Waals surface area (Å²) in [5.74, 6) is 0. The molecule has 1 rings (SSSR count). The van der Waals surface area contributed by atoms with Crippen LogP contribution in [0.2, 0.25) is 0 Å². The summed E-state index contributed by atoms with van der Waals surface area (Å²) in [4.78, 5) is 12.5. The lowest BCUT2D eigenvalue weighted by atomic mass is 10.5. The third kappa shape index (κ3) is 0.682. The number of carbonyl (C=O) groups is 1. The molecular weight excluding hydrogens is 90.1 g/mol. The number of hydrogen-bond acceptors (Lipinski definition) is 1. The first-order chi connectivity index (χ1) is 3.84.